The Morgan fingerprint density at radius 2 is 2.00 bits per heavy atom. The first-order chi connectivity index (χ1) is 10.2. The smallest absolute Gasteiger partial charge is 0.125 e. The molecule has 3 nitrogen and oxygen atoms in total. The number of para-hydroxylation sites is 1. The summed E-state index contributed by atoms with van der Waals surface area (Å²) >= 11 is 0. The van der Waals surface area contributed by atoms with Gasteiger partial charge in [-0.15, -0.1) is 6.58 Å². The van der Waals surface area contributed by atoms with Gasteiger partial charge < -0.3 is 14.2 Å². The van der Waals surface area contributed by atoms with Crippen LogP contribution in [-0.4, -0.2) is 25.4 Å². The van der Waals surface area contributed by atoms with Crippen LogP contribution in [0.4, 0.5) is 0 Å². The third-order valence-electron chi connectivity index (χ3n) is 2.94. The molecule has 0 aliphatic carbocycles. The maximum absolute atomic E-state index is 5.88. The van der Waals surface area contributed by atoms with Gasteiger partial charge in [-0.2, -0.15) is 0 Å². The standard InChI is InChI=1S/C18H26O3/c1-5-12-19-14-18(20-15(3)6-2)13-16(4)21-17-10-8-7-9-11-17/h5,7-11,16,18H,1,3,6,12-14H2,2,4H3. The van der Waals surface area contributed by atoms with Crippen molar-refractivity contribution in [3.8, 4) is 5.75 Å². The average molecular weight is 290 g/mol. The molecule has 1 aromatic carbocycles. The summed E-state index contributed by atoms with van der Waals surface area (Å²) in [5.41, 5.74) is 0. The minimum absolute atomic E-state index is 0.0365. The fraction of sp³-hybridized carbons (Fsp3) is 0.444. The molecule has 0 amide bonds. The fourth-order valence-corrected chi connectivity index (χ4v) is 1.90. The number of benzene rings is 1. The minimum Gasteiger partial charge on any atom is -0.493 e. The average Bonchev–Trinajstić information content (AvgIpc) is 2.48. The van der Waals surface area contributed by atoms with Gasteiger partial charge in [0.2, 0.25) is 0 Å². The summed E-state index contributed by atoms with van der Waals surface area (Å²) in [6.07, 6.45) is 3.25. The van der Waals surface area contributed by atoms with Gasteiger partial charge >= 0.3 is 0 Å². The molecule has 0 heterocycles. The van der Waals surface area contributed by atoms with Crippen LogP contribution in [0, 0.1) is 0 Å². The lowest BCUT2D eigenvalue weighted by Crippen LogP contribution is -2.27. The zero-order chi connectivity index (χ0) is 15.5. The van der Waals surface area contributed by atoms with Gasteiger partial charge in [-0.05, 0) is 19.1 Å². The molecule has 0 N–H and O–H groups in total. The highest BCUT2D eigenvalue weighted by Crippen LogP contribution is 2.16. The van der Waals surface area contributed by atoms with E-state index in [2.05, 4.69) is 13.2 Å². The van der Waals surface area contributed by atoms with Crippen molar-refractivity contribution in [1.29, 1.82) is 0 Å². The lowest BCUT2D eigenvalue weighted by atomic mass is 10.2. The van der Waals surface area contributed by atoms with E-state index in [-0.39, 0.29) is 12.2 Å². The molecule has 2 atom stereocenters. The summed E-state index contributed by atoms with van der Waals surface area (Å²) in [5, 5.41) is 0. The molecule has 0 saturated carbocycles. The summed E-state index contributed by atoms with van der Waals surface area (Å²) in [4.78, 5) is 0. The Kier molecular flexibility index (Phi) is 8.29. The SMILES string of the molecule is C=CCOCC(CC(C)Oc1ccccc1)OC(=C)CC. The molecule has 0 aromatic heterocycles. The van der Waals surface area contributed by atoms with E-state index in [9.17, 15) is 0 Å². The van der Waals surface area contributed by atoms with Crippen molar-refractivity contribution < 1.29 is 14.2 Å². The summed E-state index contributed by atoms with van der Waals surface area (Å²) in [6.45, 7) is 12.6. The highest BCUT2D eigenvalue weighted by molar-refractivity contribution is 5.21. The Labute approximate surface area is 128 Å². The molecule has 1 rings (SSSR count). The molecule has 2 unspecified atom stereocenters. The van der Waals surface area contributed by atoms with Crippen LogP contribution >= 0.6 is 0 Å². The number of hydrogen-bond donors (Lipinski definition) is 0. The van der Waals surface area contributed by atoms with Crippen molar-refractivity contribution in [3.63, 3.8) is 0 Å². The number of hydrogen-bond acceptors (Lipinski definition) is 3. The van der Waals surface area contributed by atoms with Crippen LogP contribution in [0.1, 0.15) is 26.7 Å². The molecule has 0 bridgehead atoms. The predicted molar refractivity (Wildman–Crippen MR) is 86.5 cm³/mol. The number of rotatable bonds is 11. The molecular weight excluding hydrogens is 264 g/mol. The first-order valence-electron chi connectivity index (χ1n) is 7.40. The van der Waals surface area contributed by atoms with E-state index in [4.69, 9.17) is 14.2 Å². The molecule has 1 aromatic rings. The van der Waals surface area contributed by atoms with Crippen LogP contribution in [0.5, 0.6) is 5.75 Å². The summed E-state index contributed by atoms with van der Waals surface area (Å²) in [6, 6.07) is 9.79. The first-order valence-corrected chi connectivity index (χ1v) is 7.40. The second-order valence-corrected chi connectivity index (χ2v) is 4.94. The van der Waals surface area contributed by atoms with Gasteiger partial charge in [-0.25, -0.2) is 0 Å². The molecule has 116 valence electrons. The molecule has 0 saturated heterocycles. The summed E-state index contributed by atoms with van der Waals surface area (Å²) in [7, 11) is 0. The third-order valence-corrected chi connectivity index (χ3v) is 2.94. The van der Waals surface area contributed by atoms with Crippen molar-refractivity contribution >= 4 is 0 Å². The Morgan fingerprint density at radius 3 is 2.62 bits per heavy atom. The van der Waals surface area contributed by atoms with Crippen molar-refractivity contribution in [2.75, 3.05) is 13.2 Å². The van der Waals surface area contributed by atoms with Gasteiger partial charge in [0.25, 0.3) is 0 Å². The lowest BCUT2D eigenvalue weighted by molar-refractivity contribution is 0.000878. The maximum Gasteiger partial charge on any atom is 0.125 e. The van der Waals surface area contributed by atoms with Gasteiger partial charge in [0.05, 0.1) is 25.1 Å². The van der Waals surface area contributed by atoms with Gasteiger partial charge in [0.15, 0.2) is 0 Å². The highest BCUT2D eigenvalue weighted by atomic mass is 16.5. The molecule has 0 aliphatic heterocycles. The Balaban J connectivity index is 2.48. The quantitative estimate of drug-likeness (QED) is 0.344. The Morgan fingerprint density at radius 1 is 1.29 bits per heavy atom. The molecular formula is C18H26O3. The normalized spacial score (nSPS) is 13.2. The van der Waals surface area contributed by atoms with E-state index < -0.39 is 0 Å². The molecule has 21 heavy (non-hydrogen) atoms. The van der Waals surface area contributed by atoms with Crippen molar-refractivity contribution in [1.82, 2.24) is 0 Å². The molecule has 0 fully saturated rings. The van der Waals surface area contributed by atoms with E-state index in [0.717, 1.165) is 24.4 Å². The molecule has 0 spiro atoms. The predicted octanol–water partition coefficient (Wildman–Crippen LogP) is 4.36. The van der Waals surface area contributed by atoms with Crippen molar-refractivity contribution in [2.24, 2.45) is 0 Å². The Hall–Kier alpha value is -1.74. The molecule has 3 heteroatoms. The van der Waals surface area contributed by atoms with Crippen LogP contribution in [0.15, 0.2) is 55.3 Å². The van der Waals surface area contributed by atoms with E-state index >= 15 is 0 Å². The zero-order valence-corrected chi connectivity index (χ0v) is 13.1. The summed E-state index contributed by atoms with van der Waals surface area (Å²) < 4.78 is 17.2. The van der Waals surface area contributed by atoms with Crippen molar-refractivity contribution in [2.45, 2.75) is 38.9 Å². The van der Waals surface area contributed by atoms with E-state index in [1.54, 1.807) is 6.08 Å². The largest absolute Gasteiger partial charge is 0.493 e. The minimum atomic E-state index is -0.0592. The molecule has 0 radical (unpaired) electrons. The van der Waals surface area contributed by atoms with Gasteiger partial charge in [0, 0.05) is 12.8 Å². The topological polar surface area (TPSA) is 27.7 Å². The molecule has 0 aliphatic rings. The van der Waals surface area contributed by atoms with Gasteiger partial charge in [0.1, 0.15) is 11.9 Å². The maximum atomic E-state index is 5.88. The van der Waals surface area contributed by atoms with Gasteiger partial charge in [-0.1, -0.05) is 37.8 Å². The summed E-state index contributed by atoms with van der Waals surface area (Å²) in [5.74, 6) is 1.64. The second-order valence-electron chi connectivity index (χ2n) is 4.94. The zero-order valence-electron chi connectivity index (χ0n) is 13.1. The first kappa shape index (κ1) is 17.3. The van der Waals surface area contributed by atoms with Crippen LogP contribution in [0.3, 0.4) is 0 Å². The lowest BCUT2D eigenvalue weighted by Gasteiger charge is -2.23. The van der Waals surface area contributed by atoms with E-state index in [0.29, 0.717) is 13.2 Å². The fourth-order valence-electron chi connectivity index (χ4n) is 1.90. The monoisotopic (exact) mass is 290 g/mol. The van der Waals surface area contributed by atoms with Crippen LogP contribution in [0.25, 0.3) is 0 Å². The number of ether oxygens (including phenoxy) is 3. The van der Waals surface area contributed by atoms with Crippen LogP contribution < -0.4 is 4.74 Å². The van der Waals surface area contributed by atoms with Crippen molar-refractivity contribution in [3.05, 3.63) is 55.3 Å². The van der Waals surface area contributed by atoms with Crippen LogP contribution in [-0.2, 0) is 9.47 Å². The Bertz CT molecular complexity index is 414. The second kappa shape index (κ2) is 10.1. The van der Waals surface area contributed by atoms with E-state index in [1.165, 1.54) is 0 Å². The van der Waals surface area contributed by atoms with E-state index in [1.807, 2.05) is 44.2 Å². The van der Waals surface area contributed by atoms with Crippen LogP contribution in [0.2, 0.25) is 0 Å². The number of allylic oxidation sites excluding steroid dienone is 1. The third kappa shape index (κ3) is 7.57. The highest BCUT2D eigenvalue weighted by Gasteiger charge is 2.16. The van der Waals surface area contributed by atoms with Gasteiger partial charge in [-0.3, -0.25) is 0 Å².